The highest BCUT2D eigenvalue weighted by molar-refractivity contribution is 7.89. The second kappa shape index (κ2) is 7.54. The summed E-state index contributed by atoms with van der Waals surface area (Å²) in [5.74, 6) is -0.312. The lowest BCUT2D eigenvalue weighted by Crippen LogP contribution is -2.49. The number of nitrogens with zero attached hydrogens (tertiary/aromatic N) is 2. The van der Waals surface area contributed by atoms with Gasteiger partial charge in [-0.05, 0) is 48.6 Å². The predicted octanol–water partition coefficient (Wildman–Crippen LogP) is 2.99. The Hall–Kier alpha value is -2.25. The summed E-state index contributed by atoms with van der Waals surface area (Å²) in [6.07, 6.45) is -0.723. The third-order valence-corrected chi connectivity index (χ3v) is 7.88. The van der Waals surface area contributed by atoms with Gasteiger partial charge in [-0.3, -0.25) is 4.79 Å². The standard InChI is InChI=1S/C22H25FN2O3S/c1-15-7-8-16(2)21(11-15)29(27,28)25-14-19(23)12-20(25)22(26)24-10-9-17-5-3-4-6-18(17)13-24/h3-8,11,19-20H,9-10,12-14H2,1-2H3/t19-,20-/m0/s1. The first-order valence-electron chi connectivity index (χ1n) is 9.86. The highest BCUT2D eigenvalue weighted by Crippen LogP contribution is 2.32. The number of benzene rings is 2. The first-order chi connectivity index (χ1) is 13.8. The van der Waals surface area contributed by atoms with Crippen LogP contribution in [0, 0.1) is 13.8 Å². The summed E-state index contributed by atoms with van der Waals surface area (Å²) in [6.45, 7) is 4.19. The van der Waals surface area contributed by atoms with Gasteiger partial charge in [-0.25, -0.2) is 12.8 Å². The van der Waals surface area contributed by atoms with E-state index >= 15 is 0 Å². The summed E-state index contributed by atoms with van der Waals surface area (Å²) < 4.78 is 42.1. The van der Waals surface area contributed by atoms with E-state index in [0.29, 0.717) is 18.7 Å². The SMILES string of the molecule is Cc1ccc(C)c(S(=O)(=O)N2C[C@@H](F)C[C@H]2C(=O)N2CCc3ccccc3C2)c1. The summed E-state index contributed by atoms with van der Waals surface area (Å²) in [4.78, 5) is 15.1. The van der Waals surface area contributed by atoms with Gasteiger partial charge in [0.1, 0.15) is 12.2 Å². The van der Waals surface area contributed by atoms with Crippen LogP contribution in [0.5, 0.6) is 0 Å². The van der Waals surface area contributed by atoms with Gasteiger partial charge in [0.05, 0.1) is 4.90 Å². The molecular weight excluding hydrogens is 391 g/mol. The number of amides is 1. The van der Waals surface area contributed by atoms with Crippen LogP contribution in [0.25, 0.3) is 0 Å². The predicted molar refractivity (Wildman–Crippen MR) is 109 cm³/mol. The van der Waals surface area contributed by atoms with Gasteiger partial charge in [-0.15, -0.1) is 0 Å². The normalized spacial score (nSPS) is 22.5. The molecule has 0 saturated carbocycles. The maximum absolute atomic E-state index is 14.3. The lowest BCUT2D eigenvalue weighted by atomic mass is 9.99. The molecule has 0 bridgehead atoms. The maximum Gasteiger partial charge on any atom is 0.244 e. The van der Waals surface area contributed by atoms with Crippen molar-refractivity contribution in [3.05, 3.63) is 64.7 Å². The first-order valence-corrected chi connectivity index (χ1v) is 11.3. The lowest BCUT2D eigenvalue weighted by Gasteiger charge is -2.33. The summed E-state index contributed by atoms with van der Waals surface area (Å²) in [5, 5.41) is 0. The Morgan fingerprint density at radius 2 is 1.83 bits per heavy atom. The third kappa shape index (κ3) is 3.69. The fourth-order valence-electron chi connectivity index (χ4n) is 4.25. The molecular formula is C22H25FN2O3S. The van der Waals surface area contributed by atoms with Gasteiger partial charge >= 0.3 is 0 Å². The van der Waals surface area contributed by atoms with E-state index in [-0.39, 0.29) is 23.8 Å². The van der Waals surface area contributed by atoms with E-state index in [4.69, 9.17) is 0 Å². The highest BCUT2D eigenvalue weighted by Gasteiger charge is 2.46. The molecule has 5 nitrogen and oxygen atoms in total. The topological polar surface area (TPSA) is 57.7 Å². The van der Waals surface area contributed by atoms with E-state index in [9.17, 15) is 17.6 Å². The number of fused-ring (bicyclic) bond motifs is 1. The van der Waals surface area contributed by atoms with Crippen molar-refractivity contribution < 1.29 is 17.6 Å². The minimum absolute atomic E-state index is 0.0962. The minimum atomic E-state index is -3.97. The second-order valence-corrected chi connectivity index (χ2v) is 9.83. The molecule has 4 rings (SSSR count). The molecule has 7 heteroatoms. The number of carbonyl (C=O) groups excluding carboxylic acids is 1. The molecule has 154 valence electrons. The number of hydrogen-bond acceptors (Lipinski definition) is 3. The van der Waals surface area contributed by atoms with Crippen LogP contribution in [0.1, 0.15) is 28.7 Å². The number of sulfonamides is 1. The number of halogens is 1. The third-order valence-electron chi connectivity index (χ3n) is 5.86. The zero-order valence-corrected chi connectivity index (χ0v) is 17.5. The molecule has 0 spiro atoms. The van der Waals surface area contributed by atoms with Crippen molar-refractivity contribution in [1.29, 1.82) is 0 Å². The molecule has 0 radical (unpaired) electrons. The molecule has 0 aromatic heterocycles. The molecule has 0 N–H and O–H groups in total. The first kappa shape index (κ1) is 20.0. The van der Waals surface area contributed by atoms with Crippen LogP contribution in [0.3, 0.4) is 0 Å². The van der Waals surface area contributed by atoms with Gasteiger partial charge in [-0.2, -0.15) is 4.31 Å². The van der Waals surface area contributed by atoms with Gasteiger partial charge in [0.25, 0.3) is 0 Å². The highest BCUT2D eigenvalue weighted by atomic mass is 32.2. The molecule has 2 heterocycles. The fourth-order valence-corrected chi connectivity index (χ4v) is 6.18. The number of carbonyl (C=O) groups is 1. The van der Waals surface area contributed by atoms with Crippen LogP contribution in [0.2, 0.25) is 0 Å². The molecule has 1 fully saturated rings. The molecule has 1 saturated heterocycles. The number of alkyl halides is 1. The van der Waals surface area contributed by atoms with E-state index < -0.39 is 22.2 Å². The molecule has 0 unspecified atom stereocenters. The van der Waals surface area contributed by atoms with Crippen LogP contribution in [-0.4, -0.2) is 48.8 Å². The quantitative estimate of drug-likeness (QED) is 0.773. The van der Waals surface area contributed by atoms with E-state index in [1.54, 1.807) is 24.0 Å². The van der Waals surface area contributed by atoms with Gasteiger partial charge in [0.15, 0.2) is 0 Å². The zero-order chi connectivity index (χ0) is 20.8. The Kier molecular flexibility index (Phi) is 5.21. The van der Waals surface area contributed by atoms with Crippen LogP contribution < -0.4 is 0 Å². The van der Waals surface area contributed by atoms with Gasteiger partial charge < -0.3 is 4.90 Å². The molecule has 2 aliphatic heterocycles. The largest absolute Gasteiger partial charge is 0.337 e. The number of aryl methyl sites for hydroxylation is 2. The van der Waals surface area contributed by atoms with Gasteiger partial charge in [-0.1, -0.05) is 36.4 Å². The zero-order valence-electron chi connectivity index (χ0n) is 16.6. The molecule has 2 aliphatic rings. The Morgan fingerprint density at radius 3 is 2.59 bits per heavy atom. The minimum Gasteiger partial charge on any atom is -0.337 e. The number of hydrogen-bond donors (Lipinski definition) is 0. The maximum atomic E-state index is 14.3. The Balaban J connectivity index is 1.63. The van der Waals surface area contributed by atoms with E-state index in [1.165, 1.54) is 5.56 Å². The summed E-state index contributed by atoms with van der Waals surface area (Å²) >= 11 is 0. The fraction of sp³-hybridized carbons (Fsp3) is 0.409. The average molecular weight is 417 g/mol. The van der Waals surface area contributed by atoms with Crippen molar-refractivity contribution in [3.8, 4) is 0 Å². The lowest BCUT2D eigenvalue weighted by molar-refractivity contribution is -0.135. The van der Waals surface area contributed by atoms with Crippen molar-refractivity contribution in [1.82, 2.24) is 9.21 Å². The van der Waals surface area contributed by atoms with Crippen LogP contribution >= 0.6 is 0 Å². The average Bonchev–Trinajstić information content (AvgIpc) is 3.11. The van der Waals surface area contributed by atoms with Crippen molar-refractivity contribution in [2.75, 3.05) is 13.1 Å². The Morgan fingerprint density at radius 1 is 1.10 bits per heavy atom. The Bertz CT molecular complexity index is 1050. The van der Waals surface area contributed by atoms with Crippen LogP contribution in [0.15, 0.2) is 47.4 Å². The van der Waals surface area contributed by atoms with Crippen molar-refractivity contribution in [2.24, 2.45) is 0 Å². The summed E-state index contributed by atoms with van der Waals surface area (Å²) in [7, 11) is -3.97. The summed E-state index contributed by atoms with van der Waals surface area (Å²) in [6, 6.07) is 12.1. The smallest absolute Gasteiger partial charge is 0.244 e. The van der Waals surface area contributed by atoms with Gasteiger partial charge in [0, 0.05) is 26.1 Å². The van der Waals surface area contributed by atoms with E-state index in [0.717, 1.165) is 21.9 Å². The van der Waals surface area contributed by atoms with Gasteiger partial charge in [0.2, 0.25) is 15.9 Å². The molecule has 2 aromatic rings. The van der Waals surface area contributed by atoms with E-state index in [1.807, 2.05) is 37.3 Å². The van der Waals surface area contributed by atoms with Crippen LogP contribution in [-0.2, 0) is 27.8 Å². The van der Waals surface area contributed by atoms with Crippen molar-refractivity contribution in [2.45, 2.75) is 50.3 Å². The molecule has 2 atom stereocenters. The number of rotatable bonds is 3. The molecule has 29 heavy (non-hydrogen) atoms. The molecule has 2 aromatic carbocycles. The van der Waals surface area contributed by atoms with Crippen molar-refractivity contribution in [3.63, 3.8) is 0 Å². The van der Waals surface area contributed by atoms with Crippen LogP contribution in [0.4, 0.5) is 4.39 Å². The van der Waals surface area contributed by atoms with E-state index in [2.05, 4.69) is 0 Å². The monoisotopic (exact) mass is 416 g/mol. The molecule has 0 aliphatic carbocycles. The summed E-state index contributed by atoms with van der Waals surface area (Å²) in [5.41, 5.74) is 3.66. The Labute approximate surface area is 171 Å². The molecule has 1 amide bonds. The second-order valence-electron chi connectivity index (χ2n) is 7.97. The van der Waals surface area contributed by atoms with Crippen molar-refractivity contribution >= 4 is 15.9 Å².